The first kappa shape index (κ1) is 16.5. The molecule has 0 saturated heterocycles. The Morgan fingerprint density at radius 3 is 2.12 bits per heavy atom. The lowest BCUT2D eigenvalue weighted by atomic mass is 10.0. The largest absolute Gasteiger partial charge is 0.343 e. The van der Waals surface area contributed by atoms with Crippen LogP contribution in [0.4, 0.5) is 0 Å². The van der Waals surface area contributed by atoms with Crippen molar-refractivity contribution in [2.24, 2.45) is 0 Å². The van der Waals surface area contributed by atoms with Crippen LogP contribution in [0.5, 0.6) is 0 Å². The van der Waals surface area contributed by atoms with Crippen molar-refractivity contribution >= 4 is 0 Å². The van der Waals surface area contributed by atoms with Gasteiger partial charge in [0.2, 0.25) is 0 Å². The second kappa shape index (κ2) is 8.57. The molecule has 0 fully saturated rings. The molecule has 6 heteroatoms. The average molecular weight is 250 g/mol. The minimum Gasteiger partial charge on any atom is -0.343 e. The topological polar surface area (TPSA) is 88.4 Å². The maximum atomic E-state index is 8.89. The summed E-state index contributed by atoms with van der Waals surface area (Å²) in [6, 6.07) is 0. The molecule has 0 aromatic carbocycles. The SMILES string of the molecule is CCCOOOCCC(CC(O)(O)O)=C(C)C. The minimum absolute atomic E-state index is 0.209. The summed E-state index contributed by atoms with van der Waals surface area (Å²) in [6.45, 7) is 6.22. The number of hydrogen-bond donors (Lipinski definition) is 3. The Morgan fingerprint density at radius 1 is 1.06 bits per heavy atom. The molecule has 0 rings (SSSR count). The maximum Gasteiger partial charge on any atom is 0.279 e. The summed E-state index contributed by atoms with van der Waals surface area (Å²) in [4.78, 5) is 9.37. The average Bonchev–Trinajstić information content (AvgIpc) is 2.19. The van der Waals surface area contributed by atoms with Crippen LogP contribution < -0.4 is 0 Å². The fraction of sp³-hybridized carbons (Fsp3) is 0.818. The van der Waals surface area contributed by atoms with Crippen LogP contribution in [-0.4, -0.2) is 34.5 Å². The van der Waals surface area contributed by atoms with E-state index in [0.29, 0.717) is 18.6 Å². The molecule has 0 aromatic rings. The molecular formula is C11H22O6. The van der Waals surface area contributed by atoms with Crippen LogP contribution in [0.15, 0.2) is 11.1 Å². The molecule has 0 aliphatic heterocycles. The van der Waals surface area contributed by atoms with Crippen LogP contribution in [0.3, 0.4) is 0 Å². The van der Waals surface area contributed by atoms with E-state index in [1.807, 2.05) is 20.8 Å². The maximum absolute atomic E-state index is 8.89. The van der Waals surface area contributed by atoms with E-state index in [-0.39, 0.29) is 13.0 Å². The zero-order valence-corrected chi connectivity index (χ0v) is 10.6. The van der Waals surface area contributed by atoms with E-state index in [1.165, 1.54) is 0 Å². The molecule has 0 heterocycles. The third kappa shape index (κ3) is 10.4. The molecule has 0 amide bonds. The molecule has 0 saturated carbocycles. The highest BCUT2D eigenvalue weighted by molar-refractivity contribution is 5.10. The Kier molecular flexibility index (Phi) is 8.32. The summed E-state index contributed by atoms with van der Waals surface area (Å²) in [5, 5.41) is 31.1. The second-order valence-electron chi connectivity index (χ2n) is 4.02. The Hall–Kier alpha value is -0.500. The third-order valence-corrected chi connectivity index (χ3v) is 2.03. The van der Waals surface area contributed by atoms with Gasteiger partial charge in [0.25, 0.3) is 5.97 Å². The Bertz CT molecular complexity index is 227. The molecule has 0 radical (unpaired) electrons. The van der Waals surface area contributed by atoms with Gasteiger partial charge in [-0.2, -0.15) is 0 Å². The van der Waals surface area contributed by atoms with Crippen LogP contribution in [0.25, 0.3) is 0 Å². The monoisotopic (exact) mass is 250 g/mol. The summed E-state index contributed by atoms with van der Waals surface area (Å²) >= 11 is 0. The molecule has 0 aliphatic carbocycles. The highest BCUT2D eigenvalue weighted by Crippen LogP contribution is 2.18. The van der Waals surface area contributed by atoms with E-state index in [9.17, 15) is 0 Å². The molecule has 0 bridgehead atoms. The van der Waals surface area contributed by atoms with Crippen molar-refractivity contribution in [3.8, 4) is 0 Å². The first-order valence-corrected chi connectivity index (χ1v) is 5.60. The van der Waals surface area contributed by atoms with Crippen molar-refractivity contribution in [2.45, 2.75) is 46.0 Å². The van der Waals surface area contributed by atoms with E-state index in [0.717, 1.165) is 12.0 Å². The number of hydrogen-bond acceptors (Lipinski definition) is 6. The van der Waals surface area contributed by atoms with Crippen LogP contribution >= 0.6 is 0 Å². The summed E-state index contributed by atoms with van der Waals surface area (Å²) in [7, 11) is 0. The van der Waals surface area contributed by atoms with Crippen molar-refractivity contribution in [3.05, 3.63) is 11.1 Å². The van der Waals surface area contributed by atoms with E-state index < -0.39 is 5.97 Å². The zero-order valence-electron chi connectivity index (χ0n) is 10.6. The van der Waals surface area contributed by atoms with E-state index in [2.05, 4.69) is 9.93 Å². The number of allylic oxidation sites excluding steroid dienone is 1. The van der Waals surface area contributed by atoms with Gasteiger partial charge in [0, 0.05) is 0 Å². The Morgan fingerprint density at radius 2 is 1.65 bits per heavy atom. The lowest BCUT2D eigenvalue weighted by Gasteiger charge is -2.17. The van der Waals surface area contributed by atoms with Gasteiger partial charge in [-0.25, -0.2) is 9.78 Å². The van der Waals surface area contributed by atoms with E-state index >= 15 is 0 Å². The lowest BCUT2D eigenvalue weighted by Crippen LogP contribution is -2.28. The summed E-state index contributed by atoms with van der Waals surface area (Å²) < 4.78 is 0. The van der Waals surface area contributed by atoms with Crippen molar-refractivity contribution in [1.29, 1.82) is 0 Å². The van der Waals surface area contributed by atoms with Gasteiger partial charge >= 0.3 is 0 Å². The van der Waals surface area contributed by atoms with Crippen LogP contribution in [0.2, 0.25) is 0 Å². The molecule has 0 aliphatic rings. The van der Waals surface area contributed by atoms with Crippen molar-refractivity contribution in [2.75, 3.05) is 13.2 Å². The molecular weight excluding hydrogens is 228 g/mol. The van der Waals surface area contributed by atoms with Crippen LogP contribution in [0.1, 0.15) is 40.0 Å². The number of rotatable bonds is 9. The lowest BCUT2D eigenvalue weighted by molar-refractivity contribution is -0.512. The molecule has 17 heavy (non-hydrogen) atoms. The minimum atomic E-state index is -2.69. The fourth-order valence-electron chi connectivity index (χ4n) is 1.15. The Labute approximate surface area is 101 Å². The predicted molar refractivity (Wildman–Crippen MR) is 60.3 cm³/mol. The molecule has 102 valence electrons. The zero-order chi connectivity index (χ0) is 13.3. The molecule has 3 N–H and O–H groups in total. The van der Waals surface area contributed by atoms with Crippen LogP contribution in [-0.2, 0) is 14.8 Å². The third-order valence-electron chi connectivity index (χ3n) is 2.03. The van der Waals surface area contributed by atoms with Crippen molar-refractivity contribution in [3.63, 3.8) is 0 Å². The summed E-state index contributed by atoms with van der Waals surface area (Å²) in [6.07, 6.45) is 1.00. The molecule has 0 spiro atoms. The molecule has 0 aromatic heterocycles. The highest BCUT2D eigenvalue weighted by Gasteiger charge is 2.20. The first-order chi connectivity index (χ1) is 7.87. The van der Waals surface area contributed by atoms with Crippen molar-refractivity contribution < 1.29 is 30.1 Å². The van der Waals surface area contributed by atoms with Gasteiger partial charge in [0.1, 0.15) is 0 Å². The van der Waals surface area contributed by atoms with E-state index in [4.69, 9.17) is 20.2 Å². The highest BCUT2D eigenvalue weighted by atomic mass is 17.5. The summed E-state index contributed by atoms with van der Waals surface area (Å²) in [5.41, 5.74) is 1.58. The van der Waals surface area contributed by atoms with Crippen molar-refractivity contribution in [1.82, 2.24) is 0 Å². The van der Waals surface area contributed by atoms with Gasteiger partial charge in [-0.3, -0.25) is 0 Å². The van der Waals surface area contributed by atoms with Gasteiger partial charge in [-0.1, -0.05) is 23.1 Å². The standard InChI is InChI=1S/C11H22O6/c1-4-6-15-17-16-7-5-10(9(2)3)8-11(12,13)14/h12-14H,4-8H2,1-3H3. The molecule has 0 unspecified atom stereocenters. The Balaban J connectivity index is 3.85. The number of aliphatic hydroxyl groups is 3. The van der Waals surface area contributed by atoms with Gasteiger partial charge < -0.3 is 15.3 Å². The molecule has 6 nitrogen and oxygen atoms in total. The normalized spacial score (nSPS) is 11.6. The van der Waals surface area contributed by atoms with Crippen LogP contribution in [0, 0.1) is 0 Å². The quantitative estimate of drug-likeness (QED) is 0.186. The fourth-order valence-corrected chi connectivity index (χ4v) is 1.15. The summed E-state index contributed by atoms with van der Waals surface area (Å²) in [5.74, 6) is -2.69. The molecule has 0 atom stereocenters. The van der Waals surface area contributed by atoms with Gasteiger partial charge in [0.15, 0.2) is 0 Å². The van der Waals surface area contributed by atoms with E-state index in [1.54, 1.807) is 0 Å². The van der Waals surface area contributed by atoms with Gasteiger partial charge in [-0.05, 0) is 26.7 Å². The second-order valence-corrected chi connectivity index (χ2v) is 4.02. The predicted octanol–water partition coefficient (Wildman–Crippen LogP) is 1.02. The smallest absolute Gasteiger partial charge is 0.279 e. The van der Waals surface area contributed by atoms with Gasteiger partial charge in [-0.15, -0.1) is 0 Å². The first-order valence-electron chi connectivity index (χ1n) is 5.60. The van der Waals surface area contributed by atoms with Gasteiger partial charge in [0.05, 0.1) is 19.6 Å².